The number of rotatable bonds is 6. The molecule has 1 aromatic carbocycles. The van der Waals surface area contributed by atoms with Gasteiger partial charge in [-0.05, 0) is 35.8 Å². The minimum Gasteiger partial charge on any atom is -0.483 e. The zero-order chi connectivity index (χ0) is 19.4. The topological polar surface area (TPSA) is 102 Å². The molecule has 10 heteroatoms. The molecule has 0 spiro atoms. The van der Waals surface area contributed by atoms with Gasteiger partial charge in [0.15, 0.2) is 10.9 Å². The van der Waals surface area contributed by atoms with Crippen LogP contribution in [0.2, 0.25) is 0 Å². The average molecular weight is 420 g/mol. The first-order valence-corrected chi connectivity index (χ1v) is 9.68. The molecule has 3 rings (SSSR count). The fourth-order valence-electron chi connectivity index (χ4n) is 2.15. The number of ether oxygens (including phenoxy) is 1. The molecule has 2 heterocycles. The summed E-state index contributed by atoms with van der Waals surface area (Å²) in [4.78, 5) is 36.5. The number of nitrogens with one attached hydrogen (secondary N) is 1. The molecule has 7 nitrogen and oxygen atoms in total. The van der Waals surface area contributed by atoms with Crippen molar-refractivity contribution in [3.05, 3.63) is 57.1 Å². The lowest BCUT2D eigenvalue weighted by atomic mass is 10.2. The second-order valence-corrected chi connectivity index (χ2v) is 7.85. The molecule has 1 aliphatic heterocycles. The van der Waals surface area contributed by atoms with E-state index < -0.39 is 17.7 Å². The van der Waals surface area contributed by atoms with Gasteiger partial charge in [0.2, 0.25) is 0 Å². The molecule has 0 atom stereocenters. The van der Waals surface area contributed by atoms with Crippen molar-refractivity contribution in [3.8, 4) is 5.75 Å². The van der Waals surface area contributed by atoms with Crippen LogP contribution in [0.5, 0.6) is 5.75 Å². The molecular formula is C17H13N3O4S3. The molecule has 0 bridgehead atoms. The predicted octanol–water partition coefficient (Wildman–Crippen LogP) is 2.16. The Labute approximate surface area is 168 Å². The Morgan fingerprint density at radius 1 is 1.26 bits per heavy atom. The first kappa shape index (κ1) is 19.1. The lowest BCUT2D eigenvalue weighted by molar-refractivity contribution is -0.123. The molecule has 2 aromatic rings. The molecule has 0 radical (unpaired) electrons. The second kappa shape index (κ2) is 8.33. The summed E-state index contributed by atoms with van der Waals surface area (Å²) in [6.45, 7) is -0.275. The maximum atomic E-state index is 12.6. The SMILES string of the molecule is NC(=O)COc1ccccc1/C=C1/SC(=S)N(NC(=O)c2cccs2)C1=O. The highest BCUT2D eigenvalue weighted by Crippen LogP contribution is 2.33. The fourth-order valence-corrected chi connectivity index (χ4v) is 3.93. The van der Waals surface area contributed by atoms with Crippen LogP contribution >= 0.6 is 35.3 Å². The Morgan fingerprint density at radius 2 is 2.04 bits per heavy atom. The maximum Gasteiger partial charge on any atom is 0.285 e. The molecule has 138 valence electrons. The highest BCUT2D eigenvalue weighted by atomic mass is 32.2. The largest absolute Gasteiger partial charge is 0.483 e. The minimum absolute atomic E-state index is 0.215. The normalized spacial score (nSPS) is 15.3. The lowest BCUT2D eigenvalue weighted by Gasteiger charge is -2.14. The smallest absolute Gasteiger partial charge is 0.285 e. The van der Waals surface area contributed by atoms with E-state index in [9.17, 15) is 14.4 Å². The van der Waals surface area contributed by atoms with E-state index in [1.54, 1.807) is 47.9 Å². The molecular weight excluding hydrogens is 406 g/mol. The number of hydrazine groups is 1. The number of primary amides is 1. The Bertz CT molecular complexity index is 941. The third-order valence-corrected chi connectivity index (χ3v) is 5.50. The average Bonchev–Trinajstić information content (AvgIpc) is 3.26. The summed E-state index contributed by atoms with van der Waals surface area (Å²) in [5, 5.41) is 2.81. The maximum absolute atomic E-state index is 12.6. The van der Waals surface area contributed by atoms with Crippen molar-refractivity contribution in [1.82, 2.24) is 10.4 Å². The van der Waals surface area contributed by atoms with E-state index in [0.717, 1.165) is 16.8 Å². The summed E-state index contributed by atoms with van der Waals surface area (Å²) in [5.74, 6) is -1.05. The number of hydrogen-bond acceptors (Lipinski definition) is 7. The van der Waals surface area contributed by atoms with Crippen molar-refractivity contribution >= 4 is 63.4 Å². The van der Waals surface area contributed by atoms with Gasteiger partial charge in [-0.25, -0.2) is 0 Å². The van der Waals surface area contributed by atoms with Gasteiger partial charge >= 0.3 is 0 Å². The van der Waals surface area contributed by atoms with Gasteiger partial charge in [0.25, 0.3) is 17.7 Å². The molecule has 1 saturated heterocycles. The summed E-state index contributed by atoms with van der Waals surface area (Å²) in [7, 11) is 0. The molecule has 1 aliphatic rings. The van der Waals surface area contributed by atoms with Gasteiger partial charge in [0.05, 0.1) is 9.78 Å². The highest BCUT2D eigenvalue weighted by Gasteiger charge is 2.34. The zero-order valence-electron chi connectivity index (χ0n) is 13.7. The standard InChI is InChI=1S/C17H13N3O4S3/c18-14(21)9-24-11-5-2-1-4-10(11)8-13-16(23)20(17(25)27-13)19-15(22)12-6-3-7-26-12/h1-8H,9H2,(H2,18,21)(H,19,22)/b13-8+. The number of carbonyl (C=O) groups is 3. The molecule has 1 aromatic heterocycles. The van der Waals surface area contributed by atoms with Crippen LogP contribution in [-0.2, 0) is 9.59 Å². The van der Waals surface area contributed by atoms with Gasteiger partial charge in [-0.1, -0.05) is 36.0 Å². The van der Waals surface area contributed by atoms with E-state index >= 15 is 0 Å². The molecule has 0 aliphatic carbocycles. The van der Waals surface area contributed by atoms with Gasteiger partial charge in [-0.3, -0.25) is 19.8 Å². The third kappa shape index (κ3) is 4.54. The van der Waals surface area contributed by atoms with Crippen molar-refractivity contribution in [2.45, 2.75) is 0 Å². The number of thioether (sulfide) groups is 1. The number of amides is 3. The van der Waals surface area contributed by atoms with Crippen LogP contribution in [0.25, 0.3) is 6.08 Å². The Hall–Kier alpha value is -2.69. The molecule has 0 saturated carbocycles. The summed E-state index contributed by atoms with van der Waals surface area (Å²) < 4.78 is 5.57. The van der Waals surface area contributed by atoms with E-state index in [4.69, 9.17) is 22.7 Å². The number of benzene rings is 1. The van der Waals surface area contributed by atoms with E-state index in [-0.39, 0.29) is 10.9 Å². The monoisotopic (exact) mass is 419 g/mol. The Balaban J connectivity index is 1.78. The van der Waals surface area contributed by atoms with Gasteiger partial charge in [-0.15, -0.1) is 11.3 Å². The molecule has 1 fully saturated rings. The third-order valence-electron chi connectivity index (χ3n) is 3.33. The Kier molecular flexibility index (Phi) is 5.89. The van der Waals surface area contributed by atoms with Crippen molar-refractivity contribution in [2.75, 3.05) is 6.61 Å². The van der Waals surface area contributed by atoms with Crippen LogP contribution in [-0.4, -0.2) is 33.7 Å². The van der Waals surface area contributed by atoms with Crippen LogP contribution in [0.15, 0.2) is 46.7 Å². The van der Waals surface area contributed by atoms with Crippen LogP contribution in [0.4, 0.5) is 0 Å². The number of nitrogens with two attached hydrogens (primary N) is 1. The van der Waals surface area contributed by atoms with E-state index in [1.165, 1.54) is 11.3 Å². The molecule has 3 N–H and O–H groups in total. The Morgan fingerprint density at radius 3 is 2.74 bits per heavy atom. The fraction of sp³-hybridized carbons (Fsp3) is 0.0588. The van der Waals surface area contributed by atoms with Crippen LogP contribution in [0, 0.1) is 0 Å². The van der Waals surface area contributed by atoms with E-state index in [1.807, 2.05) is 0 Å². The zero-order valence-corrected chi connectivity index (χ0v) is 16.2. The molecule has 0 unspecified atom stereocenters. The lowest BCUT2D eigenvalue weighted by Crippen LogP contribution is -2.44. The van der Waals surface area contributed by atoms with Gasteiger partial charge in [0.1, 0.15) is 5.75 Å². The summed E-state index contributed by atoms with van der Waals surface area (Å²) in [6, 6.07) is 10.3. The second-order valence-electron chi connectivity index (χ2n) is 5.23. The predicted molar refractivity (Wildman–Crippen MR) is 108 cm³/mol. The molecule has 3 amide bonds. The van der Waals surface area contributed by atoms with Crippen LogP contribution in [0.3, 0.4) is 0 Å². The number of carbonyl (C=O) groups excluding carboxylic acids is 3. The number of thiocarbonyl (C=S) groups is 1. The van der Waals surface area contributed by atoms with E-state index in [2.05, 4.69) is 5.43 Å². The number of para-hydroxylation sites is 1. The first-order chi connectivity index (χ1) is 13.0. The van der Waals surface area contributed by atoms with Gasteiger partial charge in [0, 0.05) is 5.56 Å². The van der Waals surface area contributed by atoms with Gasteiger partial charge < -0.3 is 10.5 Å². The quantitative estimate of drug-likeness (QED) is 0.550. The summed E-state index contributed by atoms with van der Waals surface area (Å²) >= 11 is 7.52. The number of nitrogens with zero attached hydrogens (tertiary/aromatic N) is 1. The first-order valence-electron chi connectivity index (χ1n) is 7.58. The summed E-state index contributed by atoms with van der Waals surface area (Å²) in [5.41, 5.74) is 8.20. The van der Waals surface area contributed by atoms with Crippen molar-refractivity contribution < 1.29 is 19.1 Å². The highest BCUT2D eigenvalue weighted by molar-refractivity contribution is 8.26. The minimum atomic E-state index is -0.604. The summed E-state index contributed by atoms with van der Waals surface area (Å²) in [6.07, 6.45) is 1.59. The van der Waals surface area contributed by atoms with Crippen LogP contribution in [0.1, 0.15) is 15.2 Å². The van der Waals surface area contributed by atoms with Crippen molar-refractivity contribution in [3.63, 3.8) is 0 Å². The molecule has 27 heavy (non-hydrogen) atoms. The number of hydrogen-bond donors (Lipinski definition) is 2. The van der Waals surface area contributed by atoms with E-state index in [0.29, 0.717) is 21.1 Å². The van der Waals surface area contributed by atoms with Crippen LogP contribution < -0.4 is 15.9 Å². The van der Waals surface area contributed by atoms with Crippen molar-refractivity contribution in [2.24, 2.45) is 5.73 Å². The van der Waals surface area contributed by atoms with Gasteiger partial charge in [-0.2, -0.15) is 5.01 Å². The number of thiophene rings is 1. The van der Waals surface area contributed by atoms with Crippen molar-refractivity contribution in [1.29, 1.82) is 0 Å².